The van der Waals surface area contributed by atoms with E-state index in [1.807, 2.05) is 29.6 Å². The summed E-state index contributed by atoms with van der Waals surface area (Å²) in [6, 6.07) is 8.02. The van der Waals surface area contributed by atoms with Crippen LogP contribution in [0.15, 0.2) is 29.6 Å². The number of carboxylic acid groups (broad SMARTS) is 1. The molecule has 1 aliphatic rings. The van der Waals surface area contributed by atoms with Gasteiger partial charge in [0.1, 0.15) is 5.00 Å². The summed E-state index contributed by atoms with van der Waals surface area (Å²) in [5.74, 6) is -3.20. The van der Waals surface area contributed by atoms with Crippen LogP contribution in [0.1, 0.15) is 61.4 Å². The molecular weight excluding hydrogens is 400 g/mol. The van der Waals surface area contributed by atoms with Crippen LogP contribution in [-0.4, -0.2) is 22.9 Å². The zero-order valence-electron chi connectivity index (χ0n) is 17.1. The number of carbonyl (C=O) groups is 3. The third-order valence-corrected chi connectivity index (χ3v) is 6.67. The Labute approximate surface area is 180 Å². The lowest BCUT2D eigenvalue weighted by molar-refractivity contribution is -0.147. The Kier molecular flexibility index (Phi) is 7.26. The van der Waals surface area contributed by atoms with Crippen molar-refractivity contribution >= 4 is 34.1 Å². The molecule has 1 fully saturated rings. The molecule has 2 amide bonds. The van der Waals surface area contributed by atoms with E-state index in [9.17, 15) is 19.5 Å². The van der Waals surface area contributed by atoms with Crippen LogP contribution in [0.2, 0.25) is 0 Å². The first-order chi connectivity index (χ1) is 14.4. The predicted octanol–water partition coefficient (Wildman–Crippen LogP) is 4.69. The fourth-order valence-electron chi connectivity index (χ4n) is 4.08. The monoisotopic (exact) mass is 428 g/mol. The summed E-state index contributed by atoms with van der Waals surface area (Å²) in [6.45, 7) is 2.15. The van der Waals surface area contributed by atoms with Crippen molar-refractivity contribution in [2.75, 3.05) is 5.32 Å². The van der Waals surface area contributed by atoms with Gasteiger partial charge >= 0.3 is 5.97 Å². The molecular formula is C23H28N2O4S. The minimum absolute atomic E-state index is 0.275. The van der Waals surface area contributed by atoms with Crippen molar-refractivity contribution in [1.29, 1.82) is 0 Å². The molecule has 0 radical (unpaired) electrons. The van der Waals surface area contributed by atoms with E-state index in [4.69, 9.17) is 5.73 Å². The maximum absolute atomic E-state index is 12.8. The van der Waals surface area contributed by atoms with Crippen LogP contribution in [0.3, 0.4) is 0 Å². The van der Waals surface area contributed by atoms with Crippen LogP contribution in [0, 0.1) is 11.8 Å². The fraction of sp³-hybridized carbons (Fsp3) is 0.435. The minimum atomic E-state index is -0.944. The molecule has 1 saturated carbocycles. The van der Waals surface area contributed by atoms with E-state index >= 15 is 0 Å². The number of aryl methyl sites for hydroxylation is 1. The molecule has 0 unspecified atom stereocenters. The van der Waals surface area contributed by atoms with Gasteiger partial charge in [0.2, 0.25) is 5.91 Å². The molecule has 1 heterocycles. The number of aliphatic carboxylic acids is 1. The molecule has 0 bridgehead atoms. The molecule has 1 aromatic heterocycles. The van der Waals surface area contributed by atoms with Gasteiger partial charge in [0.05, 0.1) is 17.4 Å². The van der Waals surface area contributed by atoms with Crippen molar-refractivity contribution in [3.8, 4) is 11.1 Å². The van der Waals surface area contributed by atoms with Crippen LogP contribution in [0.4, 0.5) is 5.00 Å². The first-order valence-corrected chi connectivity index (χ1v) is 11.3. The number of primary amides is 1. The van der Waals surface area contributed by atoms with Gasteiger partial charge in [-0.2, -0.15) is 0 Å². The van der Waals surface area contributed by atoms with Gasteiger partial charge in [0.25, 0.3) is 5.91 Å². The van der Waals surface area contributed by atoms with Gasteiger partial charge in [-0.25, -0.2) is 0 Å². The van der Waals surface area contributed by atoms with Crippen molar-refractivity contribution < 1.29 is 19.5 Å². The fourth-order valence-corrected chi connectivity index (χ4v) is 5.06. The van der Waals surface area contributed by atoms with Gasteiger partial charge in [0, 0.05) is 10.9 Å². The number of carboxylic acids is 1. The molecule has 30 heavy (non-hydrogen) atoms. The number of amides is 2. The number of anilines is 1. The first-order valence-electron chi connectivity index (χ1n) is 10.5. The second-order valence-electron chi connectivity index (χ2n) is 7.84. The summed E-state index contributed by atoms with van der Waals surface area (Å²) in [5, 5.41) is 14.4. The van der Waals surface area contributed by atoms with Gasteiger partial charge < -0.3 is 16.2 Å². The lowest BCUT2D eigenvalue weighted by Crippen LogP contribution is -2.36. The van der Waals surface area contributed by atoms with E-state index in [-0.39, 0.29) is 11.5 Å². The highest BCUT2D eigenvalue weighted by Crippen LogP contribution is 2.37. The third kappa shape index (κ3) is 4.90. The Hall–Kier alpha value is -2.67. The Balaban J connectivity index is 1.83. The molecule has 0 saturated heterocycles. The number of hydrogen-bond acceptors (Lipinski definition) is 4. The highest BCUT2D eigenvalue weighted by molar-refractivity contribution is 7.15. The molecule has 6 nitrogen and oxygen atoms in total. The van der Waals surface area contributed by atoms with Crippen molar-refractivity contribution in [2.24, 2.45) is 17.6 Å². The minimum Gasteiger partial charge on any atom is -0.481 e. The van der Waals surface area contributed by atoms with E-state index < -0.39 is 23.7 Å². The average molecular weight is 429 g/mol. The highest BCUT2D eigenvalue weighted by Gasteiger charge is 2.36. The van der Waals surface area contributed by atoms with Crippen LogP contribution < -0.4 is 11.1 Å². The Morgan fingerprint density at radius 2 is 1.80 bits per heavy atom. The van der Waals surface area contributed by atoms with Gasteiger partial charge in [-0.3, -0.25) is 14.4 Å². The van der Waals surface area contributed by atoms with Crippen LogP contribution in [0.5, 0.6) is 0 Å². The smallest absolute Gasteiger partial charge is 0.307 e. The third-order valence-electron chi connectivity index (χ3n) is 5.78. The molecule has 0 spiro atoms. The predicted molar refractivity (Wildman–Crippen MR) is 119 cm³/mol. The summed E-state index contributed by atoms with van der Waals surface area (Å²) in [5.41, 5.74) is 8.70. The molecule has 2 atom stereocenters. The number of hydrogen-bond donors (Lipinski definition) is 3. The zero-order chi connectivity index (χ0) is 21.7. The summed E-state index contributed by atoms with van der Waals surface area (Å²) in [7, 11) is 0. The maximum atomic E-state index is 12.8. The van der Waals surface area contributed by atoms with Crippen LogP contribution in [-0.2, 0) is 16.0 Å². The normalized spacial score (nSPS) is 18.7. The summed E-state index contributed by atoms with van der Waals surface area (Å²) in [6.07, 6.45) is 5.93. The van der Waals surface area contributed by atoms with E-state index in [0.29, 0.717) is 23.4 Å². The van der Waals surface area contributed by atoms with Crippen molar-refractivity contribution in [2.45, 2.75) is 51.9 Å². The molecule has 2 aromatic rings. The Morgan fingerprint density at radius 1 is 1.13 bits per heavy atom. The molecule has 0 aliphatic heterocycles. The van der Waals surface area contributed by atoms with Crippen LogP contribution in [0.25, 0.3) is 11.1 Å². The highest BCUT2D eigenvalue weighted by atomic mass is 32.1. The molecule has 4 N–H and O–H groups in total. The number of rotatable bonds is 8. The molecule has 160 valence electrons. The van der Waals surface area contributed by atoms with E-state index in [1.165, 1.54) is 16.9 Å². The average Bonchev–Trinajstić information content (AvgIpc) is 3.16. The molecule has 3 rings (SSSR count). The summed E-state index contributed by atoms with van der Waals surface area (Å²) < 4.78 is 0. The summed E-state index contributed by atoms with van der Waals surface area (Å²) >= 11 is 1.24. The number of benzene rings is 1. The van der Waals surface area contributed by atoms with Gasteiger partial charge in [-0.1, -0.05) is 50.5 Å². The number of nitrogens with two attached hydrogens (primary N) is 1. The molecule has 1 aromatic carbocycles. The van der Waals surface area contributed by atoms with E-state index in [2.05, 4.69) is 12.2 Å². The van der Waals surface area contributed by atoms with Crippen molar-refractivity contribution in [3.63, 3.8) is 0 Å². The quantitative estimate of drug-likeness (QED) is 0.567. The Morgan fingerprint density at radius 3 is 2.40 bits per heavy atom. The van der Waals surface area contributed by atoms with Gasteiger partial charge in [-0.15, -0.1) is 11.3 Å². The van der Waals surface area contributed by atoms with E-state index in [1.54, 1.807) is 0 Å². The zero-order valence-corrected chi connectivity index (χ0v) is 18.0. The second kappa shape index (κ2) is 9.89. The topological polar surface area (TPSA) is 109 Å². The number of thiophene rings is 1. The van der Waals surface area contributed by atoms with Crippen LogP contribution >= 0.6 is 11.3 Å². The number of carbonyl (C=O) groups excluding carboxylic acids is 2. The SMILES string of the molecule is CCCCc1ccc(-c2csc(NC(=O)[C@H]3CCCC[C@H]3C(=O)O)c2C(N)=O)cc1. The lowest BCUT2D eigenvalue weighted by atomic mass is 9.78. The van der Waals surface area contributed by atoms with Gasteiger partial charge in [0.15, 0.2) is 0 Å². The van der Waals surface area contributed by atoms with E-state index in [0.717, 1.165) is 37.7 Å². The van der Waals surface area contributed by atoms with Crippen molar-refractivity contribution in [1.82, 2.24) is 0 Å². The van der Waals surface area contributed by atoms with Crippen molar-refractivity contribution in [3.05, 3.63) is 40.8 Å². The first kappa shape index (κ1) is 22.0. The molecule has 1 aliphatic carbocycles. The standard InChI is InChI=1S/C23H28N2O4S/c1-2-3-6-14-9-11-15(12-10-14)18-13-30-22(19(18)20(24)26)25-21(27)16-7-4-5-8-17(16)23(28)29/h9-13,16-17H,2-8H2,1H3,(H2,24,26)(H,25,27)(H,28,29)/t16-,17+/m0/s1. The lowest BCUT2D eigenvalue weighted by Gasteiger charge is -2.27. The summed E-state index contributed by atoms with van der Waals surface area (Å²) in [4.78, 5) is 36.6. The largest absolute Gasteiger partial charge is 0.481 e. The Bertz CT molecular complexity index is 920. The molecule has 7 heteroatoms. The maximum Gasteiger partial charge on any atom is 0.307 e. The number of nitrogens with one attached hydrogen (secondary N) is 1. The van der Waals surface area contributed by atoms with Gasteiger partial charge in [-0.05, 0) is 36.8 Å². The number of unbranched alkanes of at least 4 members (excludes halogenated alkanes) is 1. The second-order valence-corrected chi connectivity index (χ2v) is 8.72.